The Labute approximate surface area is 133 Å². The number of halogens is 1. The van der Waals surface area contributed by atoms with E-state index in [4.69, 9.17) is 24.9 Å². The molecule has 0 aliphatic heterocycles. The van der Waals surface area contributed by atoms with Gasteiger partial charge in [0.15, 0.2) is 6.79 Å². The molecule has 0 aromatic heterocycles. The van der Waals surface area contributed by atoms with Crippen LogP contribution >= 0.6 is 10.7 Å². The van der Waals surface area contributed by atoms with Gasteiger partial charge in [-0.1, -0.05) is 0 Å². The zero-order valence-electron chi connectivity index (χ0n) is 12.7. The number of amides is 1. The number of hydrogen-bond acceptors (Lipinski definition) is 6. The van der Waals surface area contributed by atoms with E-state index in [-0.39, 0.29) is 23.1 Å². The van der Waals surface area contributed by atoms with E-state index >= 15 is 0 Å². The number of ether oxygens (including phenoxy) is 3. The summed E-state index contributed by atoms with van der Waals surface area (Å²) in [5.74, 6) is 0.0921. The van der Waals surface area contributed by atoms with Gasteiger partial charge in [0.25, 0.3) is 9.05 Å². The minimum absolute atomic E-state index is 0.0921. The minimum atomic E-state index is -3.92. The molecule has 1 amide bonds. The van der Waals surface area contributed by atoms with Gasteiger partial charge in [-0.05, 0) is 32.9 Å². The number of anilines is 1. The summed E-state index contributed by atoms with van der Waals surface area (Å²) in [7, 11) is 2.77. The highest BCUT2D eigenvalue weighted by Crippen LogP contribution is 2.29. The van der Waals surface area contributed by atoms with Crippen LogP contribution in [-0.4, -0.2) is 34.0 Å². The van der Waals surface area contributed by atoms with Gasteiger partial charge in [0, 0.05) is 23.9 Å². The monoisotopic (exact) mass is 351 g/mol. The first kappa shape index (κ1) is 18.5. The molecule has 0 aliphatic rings. The van der Waals surface area contributed by atoms with Crippen molar-refractivity contribution in [2.45, 2.75) is 31.3 Å². The summed E-state index contributed by atoms with van der Waals surface area (Å²) in [5.41, 5.74) is -0.438. The molecule has 0 fully saturated rings. The molecule has 0 atom stereocenters. The molecule has 1 aromatic rings. The van der Waals surface area contributed by atoms with Crippen LogP contribution in [0.3, 0.4) is 0 Å². The third-order valence-corrected chi connectivity index (χ3v) is 3.55. The van der Waals surface area contributed by atoms with Crippen LogP contribution < -0.4 is 10.1 Å². The first-order chi connectivity index (χ1) is 10.0. The second-order valence-electron chi connectivity index (χ2n) is 5.27. The normalized spacial score (nSPS) is 11.9. The fraction of sp³-hybridized carbons (Fsp3) is 0.462. The Morgan fingerprint density at radius 2 is 1.95 bits per heavy atom. The SMILES string of the molecule is COCOc1cc(S(=O)(=O)Cl)ccc1NC(=O)OC(C)(C)C. The summed E-state index contributed by atoms with van der Waals surface area (Å²) in [5, 5.41) is 2.48. The van der Waals surface area contributed by atoms with Crippen molar-refractivity contribution in [2.75, 3.05) is 19.2 Å². The number of nitrogens with one attached hydrogen (secondary N) is 1. The topological polar surface area (TPSA) is 90.9 Å². The standard InChI is InChI=1S/C13H18ClNO6S/c1-13(2,3)21-12(16)15-10-6-5-9(22(14,17)18)7-11(10)20-8-19-4/h5-7H,8H2,1-4H3,(H,15,16). The van der Waals surface area contributed by atoms with Gasteiger partial charge in [0.1, 0.15) is 11.4 Å². The predicted octanol–water partition coefficient (Wildman–Crippen LogP) is 2.94. The van der Waals surface area contributed by atoms with E-state index in [1.54, 1.807) is 20.8 Å². The molecule has 1 rings (SSSR count). The molecule has 0 saturated heterocycles. The van der Waals surface area contributed by atoms with Crippen molar-refractivity contribution in [3.05, 3.63) is 18.2 Å². The van der Waals surface area contributed by atoms with Crippen LogP contribution in [0.5, 0.6) is 5.75 Å². The van der Waals surface area contributed by atoms with Gasteiger partial charge in [-0.25, -0.2) is 13.2 Å². The van der Waals surface area contributed by atoms with E-state index in [0.29, 0.717) is 0 Å². The largest absolute Gasteiger partial charge is 0.465 e. The smallest absolute Gasteiger partial charge is 0.412 e. The lowest BCUT2D eigenvalue weighted by atomic mass is 10.2. The van der Waals surface area contributed by atoms with Gasteiger partial charge in [-0.3, -0.25) is 5.32 Å². The Morgan fingerprint density at radius 1 is 1.32 bits per heavy atom. The molecule has 0 spiro atoms. The molecule has 0 heterocycles. The van der Waals surface area contributed by atoms with E-state index < -0.39 is 20.7 Å². The van der Waals surface area contributed by atoms with Gasteiger partial charge in [-0.2, -0.15) is 0 Å². The third kappa shape index (κ3) is 6.08. The molecular formula is C13H18ClNO6S. The molecule has 124 valence electrons. The van der Waals surface area contributed by atoms with Gasteiger partial charge in [0.2, 0.25) is 0 Å². The Balaban J connectivity index is 3.05. The molecule has 1 aromatic carbocycles. The fourth-order valence-electron chi connectivity index (χ4n) is 1.41. The van der Waals surface area contributed by atoms with Crippen molar-refractivity contribution in [3.63, 3.8) is 0 Å². The average molecular weight is 352 g/mol. The maximum atomic E-state index is 11.8. The van der Waals surface area contributed by atoms with E-state index in [1.165, 1.54) is 25.3 Å². The van der Waals surface area contributed by atoms with Crippen LogP contribution in [0.15, 0.2) is 23.1 Å². The Morgan fingerprint density at radius 3 is 2.45 bits per heavy atom. The van der Waals surface area contributed by atoms with Gasteiger partial charge < -0.3 is 14.2 Å². The summed E-state index contributed by atoms with van der Waals surface area (Å²) in [6.07, 6.45) is -0.698. The van der Waals surface area contributed by atoms with Crippen molar-refractivity contribution in [3.8, 4) is 5.75 Å². The lowest BCUT2D eigenvalue weighted by Gasteiger charge is -2.20. The van der Waals surface area contributed by atoms with Gasteiger partial charge in [-0.15, -0.1) is 0 Å². The van der Waals surface area contributed by atoms with Crippen molar-refractivity contribution < 1.29 is 27.4 Å². The first-order valence-electron chi connectivity index (χ1n) is 6.23. The maximum Gasteiger partial charge on any atom is 0.412 e. The summed E-state index contributed by atoms with van der Waals surface area (Å²) < 4.78 is 37.8. The van der Waals surface area contributed by atoms with Crippen molar-refractivity contribution in [1.82, 2.24) is 0 Å². The number of benzene rings is 1. The minimum Gasteiger partial charge on any atom is -0.465 e. The molecule has 0 unspecified atom stereocenters. The maximum absolute atomic E-state index is 11.8. The van der Waals surface area contributed by atoms with Crippen molar-refractivity contribution in [1.29, 1.82) is 0 Å². The Kier molecular flexibility index (Phi) is 6.04. The number of methoxy groups -OCH3 is 1. The first-order valence-corrected chi connectivity index (χ1v) is 8.54. The number of rotatable bonds is 5. The van der Waals surface area contributed by atoms with Crippen molar-refractivity contribution in [2.24, 2.45) is 0 Å². The molecule has 0 radical (unpaired) electrons. The lowest BCUT2D eigenvalue weighted by Crippen LogP contribution is -2.27. The zero-order chi connectivity index (χ0) is 17.0. The van der Waals surface area contributed by atoms with E-state index in [1.807, 2.05) is 0 Å². The second kappa shape index (κ2) is 7.17. The molecule has 7 nitrogen and oxygen atoms in total. The summed E-state index contributed by atoms with van der Waals surface area (Å²) in [6, 6.07) is 3.78. The Hall–Kier alpha value is -1.51. The predicted molar refractivity (Wildman–Crippen MR) is 81.8 cm³/mol. The molecule has 0 saturated carbocycles. The van der Waals surface area contributed by atoms with Crippen LogP contribution in [0.4, 0.5) is 10.5 Å². The highest BCUT2D eigenvalue weighted by molar-refractivity contribution is 8.13. The van der Waals surface area contributed by atoms with E-state index in [9.17, 15) is 13.2 Å². The average Bonchev–Trinajstić information content (AvgIpc) is 2.33. The van der Waals surface area contributed by atoms with Crippen LogP contribution in [-0.2, 0) is 18.5 Å². The number of hydrogen-bond donors (Lipinski definition) is 1. The van der Waals surface area contributed by atoms with Crippen LogP contribution in [0, 0.1) is 0 Å². The molecule has 22 heavy (non-hydrogen) atoms. The van der Waals surface area contributed by atoms with Crippen LogP contribution in [0.2, 0.25) is 0 Å². The summed E-state index contributed by atoms with van der Waals surface area (Å²) >= 11 is 0. The number of carbonyl (C=O) groups is 1. The summed E-state index contributed by atoms with van der Waals surface area (Å²) in [6.45, 7) is 5.03. The molecular weight excluding hydrogens is 334 g/mol. The van der Waals surface area contributed by atoms with Crippen LogP contribution in [0.25, 0.3) is 0 Å². The highest BCUT2D eigenvalue weighted by atomic mass is 35.7. The van der Waals surface area contributed by atoms with Crippen LogP contribution in [0.1, 0.15) is 20.8 Å². The molecule has 0 bridgehead atoms. The number of carbonyl (C=O) groups excluding carboxylic acids is 1. The lowest BCUT2D eigenvalue weighted by molar-refractivity contribution is 0.0507. The van der Waals surface area contributed by atoms with E-state index in [2.05, 4.69) is 5.32 Å². The second-order valence-corrected chi connectivity index (χ2v) is 7.84. The van der Waals surface area contributed by atoms with E-state index in [0.717, 1.165) is 0 Å². The third-order valence-electron chi connectivity index (χ3n) is 2.20. The highest BCUT2D eigenvalue weighted by Gasteiger charge is 2.19. The molecule has 1 N–H and O–H groups in total. The fourth-order valence-corrected chi connectivity index (χ4v) is 2.18. The summed E-state index contributed by atoms with van der Waals surface area (Å²) in [4.78, 5) is 11.6. The van der Waals surface area contributed by atoms with Crippen molar-refractivity contribution >= 4 is 31.5 Å². The zero-order valence-corrected chi connectivity index (χ0v) is 14.2. The Bertz CT molecular complexity index is 638. The van der Waals surface area contributed by atoms with Gasteiger partial charge in [0.05, 0.1) is 10.6 Å². The molecule has 0 aliphatic carbocycles. The quantitative estimate of drug-likeness (QED) is 0.647. The van der Waals surface area contributed by atoms with Gasteiger partial charge >= 0.3 is 6.09 Å². The molecule has 9 heteroatoms.